The minimum Gasteiger partial charge on any atom is -0.378 e. The second-order valence-corrected chi connectivity index (χ2v) is 3.60. The third kappa shape index (κ3) is 1.73. The average Bonchev–Trinajstić information content (AvgIpc) is 2.05. The van der Waals surface area contributed by atoms with Crippen molar-refractivity contribution in [1.82, 2.24) is 0 Å². The number of carbonyl (C=O) groups is 1. The maximum atomic E-state index is 10.5. The Kier molecular flexibility index (Phi) is 2.65. The third-order valence-corrected chi connectivity index (χ3v) is 2.34. The highest BCUT2D eigenvalue weighted by Crippen LogP contribution is 2.25. The Morgan fingerprint density at radius 1 is 1.50 bits per heavy atom. The van der Waals surface area contributed by atoms with Crippen LogP contribution in [0.1, 0.15) is 12.5 Å². The molecule has 12 heavy (non-hydrogen) atoms. The van der Waals surface area contributed by atoms with Crippen LogP contribution in [0.3, 0.4) is 0 Å². The van der Waals surface area contributed by atoms with Crippen molar-refractivity contribution in [3.63, 3.8) is 0 Å². The van der Waals surface area contributed by atoms with Gasteiger partial charge in [0.15, 0.2) is 6.29 Å². The van der Waals surface area contributed by atoms with E-state index in [1.165, 1.54) is 6.92 Å². The molecule has 0 aliphatic heterocycles. The predicted molar refractivity (Wildman–Crippen MR) is 49.8 cm³/mol. The van der Waals surface area contributed by atoms with Gasteiger partial charge in [-0.2, -0.15) is 0 Å². The summed E-state index contributed by atoms with van der Waals surface area (Å²) in [5.41, 5.74) is -0.819. The van der Waals surface area contributed by atoms with Crippen molar-refractivity contribution in [2.24, 2.45) is 0 Å². The number of aldehydes is 1. The molecule has 2 nitrogen and oxygen atoms in total. The lowest BCUT2D eigenvalue weighted by molar-refractivity contribution is -0.123. The largest absolute Gasteiger partial charge is 0.378 e. The van der Waals surface area contributed by atoms with Gasteiger partial charge in [0.25, 0.3) is 0 Å². The van der Waals surface area contributed by atoms with Gasteiger partial charge in [0.2, 0.25) is 0 Å². The van der Waals surface area contributed by atoms with Gasteiger partial charge in [0, 0.05) is 10.0 Å². The Bertz CT molecular complexity index is 294. The van der Waals surface area contributed by atoms with Gasteiger partial charge >= 0.3 is 0 Å². The molecule has 1 N–H and O–H groups in total. The highest BCUT2D eigenvalue weighted by Gasteiger charge is 2.23. The minimum absolute atomic E-state index is 0.521. The molecule has 3 heteroatoms. The monoisotopic (exact) mass is 228 g/mol. The number of benzene rings is 1. The molecule has 0 radical (unpaired) electrons. The zero-order chi connectivity index (χ0) is 9.19. The second-order valence-electron chi connectivity index (χ2n) is 2.75. The van der Waals surface area contributed by atoms with Crippen LogP contribution < -0.4 is 0 Å². The summed E-state index contributed by atoms with van der Waals surface area (Å²) in [5.74, 6) is 0. The van der Waals surface area contributed by atoms with Crippen molar-refractivity contribution in [2.45, 2.75) is 12.5 Å². The summed E-state index contributed by atoms with van der Waals surface area (Å²) in [5, 5.41) is 9.58. The highest BCUT2D eigenvalue weighted by molar-refractivity contribution is 9.10. The van der Waals surface area contributed by atoms with Gasteiger partial charge in [0.1, 0.15) is 5.60 Å². The molecular formula is C9H9BrO2. The van der Waals surface area contributed by atoms with Gasteiger partial charge in [-0.15, -0.1) is 0 Å². The van der Waals surface area contributed by atoms with E-state index >= 15 is 0 Å². The molecule has 1 atom stereocenters. The molecule has 1 unspecified atom stereocenters. The summed E-state index contributed by atoms with van der Waals surface area (Å²) < 4.78 is 0.738. The van der Waals surface area contributed by atoms with Gasteiger partial charge in [-0.05, 0) is 13.0 Å². The van der Waals surface area contributed by atoms with Crippen LogP contribution in [0, 0.1) is 0 Å². The van der Waals surface area contributed by atoms with E-state index in [1.54, 1.807) is 18.2 Å². The van der Waals surface area contributed by atoms with Crippen LogP contribution in [-0.2, 0) is 10.4 Å². The van der Waals surface area contributed by atoms with Crippen LogP contribution in [0.2, 0.25) is 0 Å². The zero-order valence-electron chi connectivity index (χ0n) is 6.62. The molecule has 0 aliphatic carbocycles. The first-order valence-corrected chi connectivity index (χ1v) is 4.31. The Balaban J connectivity index is 3.19. The van der Waals surface area contributed by atoms with E-state index in [1.807, 2.05) is 6.07 Å². The average molecular weight is 229 g/mol. The van der Waals surface area contributed by atoms with E-state index in [9.17, 15) is 9.90 Å². The fourth-order valence-corrected chi connectivity index (χ4v) is 1.62. The van der Waals surface area contributed by atoms with E-state index in [-0.39, 0.29) is 0 Å². The van der Waals surface area contributed by atoms with E-state index in [4.69, 9.17) is 0 Å². The molecule has 0 aliphatic rings. The summed E-state index contributed by atoms with van der Waals surface area (Å²) in [6.07, 6.45) is 0.521. The van der Waals surface area contributed by atoms with Crippen molar-refractivity contribution in [1.29, 1.82) is 0 Å². The van der Waals surface area contributed by atoms with Crippen LogP contribution >= 0.6 is 15.9 Å². The molecule has 0 saturated heterocycles. The first-order chi connectivity index (χ1) is 5.58. The Hall–Kier alpha value is -0.670. The zero-order valence-corrected chi connectivity index (χ0v) is 8.21. The van der Waals surface area contributed by atoms with Gasteiger partial charge < -0.3 is 5.11 Å². The molecule has 1 rings (SSSR count). The lowest BCUT2D eigenvalue weighted by Crippen LogP contribution is -2.23. The minimum atomic E-state index is -1.40. The predicted octanol–water partition coefficient (Wildman–Crippen LogP) is 1.86. The molecule has 0 saturated carbocycles. The summed E-state index contributed by atoms with van der Waals surface area (Å²) in [4.78, 5) is 10.5. The standard InChI is InChI=1S/C9H9BrO2/c1-9(12,6-11)7-4-2-3-5-8(7)10/h2-6,12H,1H3. The number of carbonyl (C=O) groups excluding carboxylic acids is 1. The Morgan fingerprint density at radius 3 is 2.58 bits per heavy atom. The maximum Gasteiger partial charge on any atom is 0.155 e. The van der Waals surface area contributed by atoms with Crippen molar-refractivity contribution in [3.05, 3.63) is 34.3 Å². The molecule has 64 valence electrons. The van der Waals surface area contributed by atoms with E-state index in [2.05, 4.69) is 15.9 Å². The number of hydrogen-bond donors (Lipinski definition) is 1. The highest BCUT2D eigenvalue weighted by atomic mass is 79.9. The third-order valence-electron chi connectivity index (χ3n) is 1.65. The van der Waals surface area contributed by atoms with Gasteiger partial charge in [-0.3, -0.25) is 4.79 Å². The SMILES string of the molecule is CC(O)(C=O)c1ccccc1Br. The fraction of sp³-hybridized carbons (Fsp3) is 0.222. The summed E-state index contributed by atoms with van der Waals surface area (Å²) in [6.45, 7) is 1.46. The number of rotatable bonds is 2. The number of hydrogen-bond acceptors (Lipinski definition) is 2. The summed E-state index contributed by atoms with van der Waals surface area (Å²) in [6, 6.07) is 7.10. The van der Waals surface area contributed by atoms with Crippen LogP contribution in [0.15, 0.2) is 28.7 Å². The van der Waals surface area contributed by atoms with Crippen LogP contribution in [0.5, 0.6) is 0 Å². The fourth-order valence-electron chi connectivity index (χ4n) is 0.935. The van der Waals surface area contributed by atoms with E-state index < -0.39 is 5.60 Å². The first kappa shape index (κ1) is 9.42. The molecule has 1 aromatic rings. The van der Waals surface area contributed by atoms with Crippen molar-refractivity contribution in [2.75, 3.05) is 0 Å². The molecule has 0 fully saturated rings. The van der Waals surface area contributed by atoms with Crippen LogP contribution in [0.25, 0.3) is 0 Å². The van der Waals surface area contributed by atoms with Crippen LogP contribution in [-0.4, -0.2) is 11.4 Å². The van der Waals surface area contributed by atoms with Crippen molar-refractivity contribution < 1.29 is 9.90 Å². The molecular weight excluding hydrogens is 220 g/mol. The van der Waals surface area contributed by atoms with E-state index in [0.29, 0.717) is 11.8 Å². The van der Waals surface area contributed by atoms with E-state index in [0.717, 1.165) is 4.47 Å². The molecule has 0 heterocycles. The molecule has 0 amide bonds. The number of halogens is 1. The normalized spacial score (nSPS) is 15.2. The molecule has 1 aromatic carbocycles. The summed E-state index contributed by atoms with van der Waals surface area (Å²) >= 11 is 3.25. The second kappa shape index (κ2) is 3.37. The van der Waals surface area contributed by atoms with Crippen LogP contribution in [0.4, 0.5) is 0 Å². The van der Waals surface area contributed by atoms with Crippen molar-refractivity contribution >= 4 is 22.2 Å². The van der Waals surface area contributed by atoms with Gasteiger partial charge in [0.05, 0.1) is 0 Å². The van der Waals surface area contributed by atoms with Crippen molar-refractivity contribution in [3.8, 4) is 0 Å². The molecule has 0 spiro atoms. The molecule has 0 bridgehead atoms. The Morgan fingerprint density at radius 2 is 2.08 bits per heavy atom. The summed E-state index contributed by atoms with van der Waals surface area (Å²) in [7, 11) is 0. The van der Waals surface area contributed by atoms with Gasteiger partial charge in [-0.25, -0.2) is 0 Å². The quantitative estimate of drug-likeness (QED) is 0.786. The number of aliphatic hydroxyl groups is 1. The smallest absolute Gasteiger partial charge is 0.155 e. The Labute approximate surface area is 79.3 Å². The maximum absolute atomic E-state index is 10.5. The topological polar surface area (TPSA) is 37.3 Å². The molecule has 0 aromatic heterocycles. The lowest BCUT2D eigenvalue weighted by atomic mass is 9.98. The van der Waals surface area contributed by atoms with Gasteiger partial charge in [-0.1, -0.05) is 34.1 Å². The lowest BCUT2D eigenvalue weighted by Gasteiger charge is -2.17. The first-order valence-electron chi connectivity index (χ1n) is 3.51.